The number of fused-ring (bicyclic) bond motifs is 1. The van der Waals surface area contributed by atoms with Crippen LogP contribution in [0.4, 0.5) is 0 Å². The average molecular weight is 280 g/mol. The molecule has 3 atom stereocenters. The number of carboxylic acids is 1. The molecule has 2 heterocycles. The number of hydrogen-bond donors (Lipinski definition) is 1. The second-order valence-corrected chi connectivity index (χ2v) is 6.04. The third-order valence-electron chi connectivity index (χ3n) is 2.71. The Morgan fingerprint density at radius 3 is 2.93 bits per heavy atom. The Morgan fingerprint density at radius 2 is 2.50 bits per heavy atom. The number of amides is 1. The van der Waals surface area contributed by atoms with Gasteiger partial charge in [-0.25, -0.2) is 4.79 Å². The van der Waals surface area contributed by atoms with Crippen LogP contribution in [0.25, 0.3) is 0 Å². The molecule has 0 aromatic heterocycles. The van der Waals surface area contributed by atoms with Gasteiger partial charge in [0.1, 0.15) is 6.04 Å². The standard InChI is InChI=1S/C8H10BrNO3S/c1-8(3-9)6(7(12)13)10-4(11)2-5(10)14-8/h5-6H,2-3H2,1H3,(H,12,13). The Labute approximate surface area is 94.1 Å². The van der Waals surface area contributed by atoms with Gasteiger partial charge >= 0.3 is 5.97 Å². The monoisotopic (exact) mass is 279 g/mol. The fraction of sp³-hybridized carbons (Fsp3) is 0.750. The average Bonchev–Trinajstić information content (AvgIpc) is 2.35. The highest BCUT2D eigenvalue weighted by Gasteiger charge is 2.60. The molecule has 0 aromatic carbocycles. The van der Waals surface area contributed by atoms with E-state index in [2.05, 4.69) is 15.9 Å². The molecule has 2 aliphatic rings. The summed E-state index contributed by atoms with van der Waals surface area (Å²) in [5, 5.41) is 9.75. The zero-order chi connectivity index (χ0) is 10.5. The van der Waals surface area contributed by atoms with Crippen LogP contribution in [0.15, 0.2) is 0 Å². The van der Waals surface area contributed by atoms with Crippen LogP contribution in [-0.2, 0) is 9.59 Å². The molecule has 0 aliphatic carbocycles. The van der Waals surface area contributed by atoms with Crippen molar-refractivity contribution in [3.05, 3.63) is 0 Å². The van der Waals surface area contributed by atoms with Crippen molar-refractivity contribution in [2.45, 2.75) is 29.5 Å². The number of nitrogens with zero attached hydrogens (tertiary/aromatic N) is 1. The SMILES string of the molecule is CC1(CBr)SC2CC(=O)N2C1C(=O)O. The molecule has 1 amide bonds. The van der Waals surface area contributed by atoms with Gasteiger partial charge in [-0.2, -0.15) is 0 Å². The third kappa shape index (κ3) is 1.20. The fourth-order valence-electron chi connectivity index (χ4n) is 1.96. The van der Waals surface area contributed by atoms with Crippen LogP contribution in [-0.4, -0.2) is 43.4 Å². The summed E-state index contributed by atoms with van der Waals surface area (Å²) in [7, 11) is 0. The maximum atomic E-state index is 11.3. The number of carboxylic acid groups (broad SMARTS) is 1. The normalized spacial score (nSPS) is 40.7. The lowest BCUT2D eigenvalue weighted by atomic mass is 9.98. The lowest BCUT2D eigenvalue weighted by Crippen LogP contribution is -2.57. The second-order valence-electron chi connectivity index (χ2n) is 3.76. The molecule has 0 spiro atoms. The highest BCUT2D eigenvalue weighted by molar-refractivity contribution is 9.09. The van der Waals surface area contributed by atoms with Crippen molar-refractivity contribution in [3.63, 3.8) is 0 Å². The Morgan fingerprint density at radius 1 is 1.86 bits per heavy atom. The van der Waals surface area contributed by atoms with E-state index in [-0.39, 0.29) is 11.3 Å². The molecule has 78 valence electrons. The molecule has 6 heteroatoms. The largest absolute Gasteiger partial charge is 0.480 e. The summed E-state index contributed by atoms with van der Waals surface area (Å²) in [6.45, 7) is 1.89. The molecule has 0 bridgehead atoms. The van der Waals surface area contributed by atoms with Crippen molar-refractivity contribution in [1.29, 1.82) is 0 Å². The van der Waals surface area contributed by atoms with Gasteiger partial charge in [0.05, 0.1) is 16.5 Å². The lowest BCUT2D eigenvalue weighted by Gasteiger charge is -2.36. The zero-order valence-electron chi connectivity index (χ0n) is 7.57. The van der Waals surface area contributed by atoms with E-state index in [4.69, 9.17) is 5.11 Å². The molecule has 2 rings (SSSR count). The summed E-state index contributed by atoms with van der Waals surface area (Å²) in [6, 6.07) is -0.682. The Hall–Kier alpha value is -0.230. The minimum absolute atomic E-state index is 0.0421. The Bertz CT molecular complexity index is 311. The molecular formula is C8H10BrNO3S. The van der Waals surface area contributed by atoms with Crippen LogP contribution >= 0.6 is 27.7 Å². The molecule has 1 N–H and O–H groups in total. The van der Waals surface area contributed by atoms with E-state index in [0.29, 0.717) is 11.8 Å². The van der Waals surface area contributed by atoms with E-state index in [1.54, 1.807) is 11.8 Å². The van der Waals surface area contributed by atoms with Crippen LogP contribution in [0.3, 0.4) is 0 Å². The van der Waals surface area contributed by atoms with Gasteiger partial charge in [-0.3, -0.25) is 4.79 Å². The summed E-state index contributed by atoms with van der Waals surface area (Å²) < 4.78 is -0.400. The fourth-order valence-corrected chi connectivity index (χ4v) is 4.27. The maximum Gasteiger partial charge on any atom is 0.327 e. The van der Waals surface area contributed by atoms with Gasteiger partial charge < -0.3 is 10.0 Å². The van der Waals surface area contributed by atoms with Crippen molar-refractivity contribution in [3.8, 4) is 0 Å². The number of hydrogen-bond acceptors (Lipinski definition) is 3. The van der Waals surface area contributed by atoms with E-state index in [0.717, 1.165) is 0 Å². The predicted octanol–water partition coefficient (Wildman–Crippen LogP) is 0.898. The van der Waals surface area contributed by atoms with Crippen LogP contribution in [0.1, 0.15) is 13.3 Å². The summed E-state index contributed by atoms with van der Waals surface area (Å²) in [5.41, 5.74) is 0. The maximum absolute atomic E-state index is 11.3. The number of β-lactam (4-membered cyclic amide) rings is 1. The first-order chi connectivity index (χ1) is 6.49. The van der Waals surface area contributed by atoms with Crippen LogP contribution in [0.2, 0.25) is 0 Å². The first kappa shape index (κ1) is 10.3. The van der Waals surface area contributed by atoms with Crippen LogP contribution < -0.4 is 0 Å². The Balaban J connectivity index is 2.31. The topological polar surface area (TPSA) is 57.6 Å². The highest BCUT2D eigenvalue weighted by Crippen LogP contribution is 2.51. The molecule has 14 heavy (non-hydrogen) atoms. The molecule has 4 nitrogen and oxygen atoms in total. The highest BCUT2D eigenvalue weighted by atomic mass is 79.9. The number of aliphatic carboxylic acids is 1. The van der Waals surface area contributed by atoms with Gasteiger partial charge in [0.25, 0.3) is 0 Å². The molecule has 2 fully saturated rings. The van der Waals surface area contributed by atoms with Gasteiger partial charge in [-0.05, 0) is 6.92 Å². The van der Waals surface area contributed by atoms with Crippen molar-refractivity contribution in [2.24, 2.45) is 0 Å². The lowest BCUT2D eigenvalue weighted by molar-refractivity contribution is -0.157. The number of alkyl halides is 1. The summed E-state index contributed by atoms with van der Waals surface area (Å²) in [4.78, 5) is 23.8. The third-order valence-corrected chi connectivity index (χ3v) is 5.82. The zero-order valence-corrected chi connectivity index (χ0v) is 9.97. The van der Waals surface area contributed by atoms with Gasteiger partial charge in [-0.1, -0.05) is 15.9 Å². The second kappa shape index (κ2) is 3.13. The first-order valence-corrected chi connectivity index (χ1v) is 6.27. The van der Waals surface area contributed by atoms with Crippen molar-refractivity contribution >= 4 is 39.6 Å². The molecule has 0 radical (unpaired) electrons. The van der Waals surface area contributed by atoms with Crippen LogP contribution in [0, 0.1) is 0 Å². The molecule has 0 aromatic rings. The van der Waals surface area contributed by atoms with Gasteiger partial charge in [0, 0.05) is 5.33 Å². The molecule has 0 saturated carbocycles. The van der Waals surface area contributed by atoms with Crippen molar-refractivity contribution < 1.29 is 14.7 Å². The quantitative estimate of drug-likeness (QED) is 0.603. The van der Waals surface area contributed by atoms with Crippen molar-refractivity contribution in [1.82, 2.24) is 4.90 Å². The van der Waals surface area contributed by atoms with E-state index in [1.165, 1.54) is 4.90 Å². The number of halogens is 1. The van der Waals surface area contributed by atoms with Crippen molar-refractivity contribution in [2.75, 3.05) is 5.33 Å². The predicted molar refractivity (Wildman–Crippen MR) is 56.5 cm³/mol. The van der Waals surface area contributed by atoms with E-state index in [9.17, 15) is 9.59 Å². The van der Waals surface area contributed by atoms with Crippen LogP contribution in [0.5, 0.6) is 0 Å². The van der Waals surface area contributed by atoms with Gasteiger partial charge in [0.2, 0.25) is 5.91 Å². The number of carbonyl (C=O) groups excluding carboxylic acids is 1. The van der Waals surface area contributed by atoms with E-state index >= 15 is 0 Å². The number of rotatable bonds is 2. The minimum atomic E-state index is -0.907. The summed E-state index contributed by atoms with van der Waals surface area (Å²) in [5.74, 6) is -0.949. The minimum Gasteiger partial charge on any atom is -0.480 e. The number of thioether (sulfide) groups is 1. The Kier molecular flexibility index (Phi) is 2.30. The summed E-state index contributed by atoms with van der Waals surface area (Å²) in [6.07, 6.45) is 0.483. The van der Waals surface area contributed by atoms with E-state index < -0.39 is 16.8 Å². The smallest absolute Gasteiger partial charge is 0.327 e. The van der Waals surface area contributed by atoms with Gasteiger partial charge in [0.15, 0.2) is 0 Å². The van der Waals surface area contributed by atoms with E-state index in [1.807, 2.05) is 6.92 Å². The molecular weight excluding hydrogens is 270 g/mol. The number of carbonyl (C=O) groups is 2. The molecule has 2 aliphatic heterocycles. The molecule has 3 unspecified atom stereocenters. The summed E-state index contributed by atoms with van der Waals surface area (Å²) >= 11 is 4.90. The van der Waals surface area contributed by atoms with Gasteiger partial charge in [-0.15, -0.1) is 11.8 Å². The first-order valence-electron chi connectivity index (χ1n) is 4.27. The molecule has 2 saturated heterocycles.